The molecule has 76 valence electrons. The summed E-state index contributed by atoms with van der Waals surface area (Å²) in [7, 11) is 0. The third kappa shape index (κ3) is 2.34. The normalized spacial score (nSPS) is 17.7. The van der Waals surface area contributed by atoms with E-state index < -0.39 is 0 Å². The standard InChI is InChI=1S/C9H18N2O2/c1-4-13-7-10-5-6-11(8(2)3)9(10)12/h8H,4-7H2,1-3H3. The highest BCUT2D eigenvalue weighted by Gasteiger charge is 2.29. The van der Waals surface area contributed by atoms with E-state index in [0.29, 0.717) is 19.4 Å². The van der Waals surface area contributed by atoms with Gasteiger partial charge in [0.25, 0.3) is 0 Å². The highest BCUT2D eigenvalue weighted by molar-refractivity contribution is 5.76. The van der Waals surface area contributed by atoms with Gasteiger partial charge in [-0.05, 0) is 20.8 Å². The zero-order chi connectivity index (χ0) is 9.84. The Labute approximate surface area is 79.4 Å². The molecular weight excluding hydrogens is 168 g/mol. The van der Waals surface area contributed by atoms with Crippen molar-refractivity contribution in [3.8, 4) is 0 Å². The van der Waals surface area contributed by atoms with Crippen molar-refractivity contribution in [1.29, 1.82) is 0 Å². The van der Waals surface area contributed by atoms with Crippen LogP contribution < -0.4 is 0 Å². The second kappa shape index (κ2) is 4.46. The maximum absolute atomic E-state index is 11.6. The van der Waals surface area contributed by atoms with E-state index in [0.717, 1.165) is 13.1 Å². The van der Waals surface area contributed by atoms with E-state index >= 15 is 0 Å². The first-order valence-corrected chi connectivity index (χ1v) is 4.80. The molecule has 4 nitrogen and oxygen atoms in total. The largest absolute Gasteiger partial charge is 0.361 e. The molecule has 0 aromatic carbocycles. The first-order valence-electron chi connectivity index (χ1n) is 4.80. The number of ether oxygens (including phenoxy) is 1. The fourth-order valence-electron chi connectivity index (χ4n) is 1.40. The molecule has 0 atom stereocenters. The summed E-state index contributed by atoms with van der Waals surface area (Å²) >= 11 is 0. The summed E-state index contributed by atoms with van der Waals surface area (Å²) in [6, 6.07) is 0.391. The molecule has 1 saturated heterocycles. The quantitative estimate of drug-likeness (QED) is 0.659. The number of carbonyl (C=O) groups is 1. The average molecular weight is 186 g/mol. The maximum Gasteiger partial charge on any atom is 0.322 e. The van der Waals surface area contributed by atoms with Crippen LogP contribution in [0.5, 0.6) is 0 Å². The van der Waals surface area contributed by atoms with E-state index in [-0.39, 0.29) is 6.03 Å². The van der Waals surface area contributed by atoms with Crippen LogP contribution in [0.25, 0.3) is 0 Å². The predicted octanol–water partition coefficient (Wildman–Crippen LogP) is 1.13. The lowest BCUT2D eigenvalue weighted by Gasteiger charge is -2.21. The second-order valence-corrected chi connectivity index (χ2v) is 3.46. The molecule has 13 heavy (non-hydrogen) atoms. The van der Waals surface area contributed by atoms with E-state index in [2.05, 4.69) is 0 Å². The van der Waals surface area contributed by atoms with Gasteiger partial charge in [-0.2, -0.15) is 0 Å². The molecule has 1 fully saturated rings. The van der Waals surface area contributed by atoms with E-state index in [1.165, 1.54) is 0 Å². The molecule has 0 aliphatic carbocycles. The van der Waals surface area contributed by atoms with Gasteiger partial charge < -0.3 is 9.64 Å². The fourth-order valence-corrected chi connectivity index (χ4v) is 1.40. The Morgan fingerprint density at radius 3 is 2.62 bits per heavy atom. The molecule has 1 heterocycles. The van der Waals surface area contributed by atoms with Crippen molar-refractivity contribution < 1.29 is 9.53 Å². The van der Waals surface area contributed by atoms with E-state index in [1.54, 1.807) is 4.90 Å². The number of hydrogen-bond donors (Lipinski definition) is 0. The predicted molar refractivity (Wildman–Crippen MR) is 50.4 cm³/mol. The minimum atomic E-state index is 0.100. The summed E-state index contributed by atoms with van der Waals surface area (Å²) in [5, 5.41) is 0. The highest BCUT2D eigenvalue weighted by atomic mass is 16.5. The van der Waals surface area contributed by atoms with Crippen molar-refractivity contribution in [2.75, 3.05) is 26.4 Å². The van der Waals surface area contributed by atoms with Gasteiger partial charge in [-0.1, -0.05) is 0 Å². The van der Waals surface area contributed by atoms with Gasteiger partial charge in [0.05, 0.1) is 0 Å². The minimum Gasteiger partial charge on any atom is -0.361 e. The fraction of sp³-hybridized carbons (Fsp3) is 0.889. The van der Waals surface area contributed by atoms with Gasteiger partial charge in [0.2, 0.25) is 0 Å². The van der Waals surface area contributed by atoms with Crippen LogP contribution in [0.2, 0.25) is 0 Å². The third-order valence-electron chi connectivity index (χ3n) is 2.20. The van der Waals surface area contributed by atoms with Crippen LogP contribution in [-0.4, -0.2) is 48.3 Å². The number of amides is 2. The summed E-state index contributed by atoms with van der Waals surface area (Å²) in [5.41, 5.74) is 0. The molecule has 0 aromatic rings. The molecule has 0 N–H and O–H groups in total. The van der Waals surface area contributed by atoms with Crippen molar-refractivity contribution in [1.82, 2.24) is 9.80 Å². The van der Waals surface area contributed by atoms with Crippen molar-refractivity contribution in [3.63, 3.8) is 0 Å². The molecule has 1 aliphatic rings. The van der Waals surface area contributed by atoms with Crippen LogP contribution in [0.4, 0.5) is 4.79 Å². The lowest BCUT2D eigenvalue weighted by molar-refractivity contribution is 0.0629. The van der Waals surface area contributed by atoms with Crippen LogP contribution in [0.1, 0.15) is 20.8 Å². The molecule has 1 rings (SSSR count). The first-order chi connectivity index (χ1) is 6.16. The zero-order valence-corrected chi connectivity index (χ0v) is 8.62. The van der Waals surface area contributed by atoms with Gasteiger partial charge in [-0.3, -0.25) is 4.90 Å². The van der Waals surface area contributed by atoms with Gasteiger partial charge in [-0.15, -0.1) is 0 Å². The molecule has 0 unspecified atom stereocenters. The Hall–Kier alpha value is -0.770. The Morgan fingerprint density at radius 1 is 1.46 bits per heavy atom. The second-order valence-electron chi connectivity index (χ2n) is 3.46. The van der Waals surface area contributed by atoms with Crippen LogP contribution in [-0.2, 0) is 4.74 Å². The van der Waals surface area contributed by atoms with Crippen LogP contribution in [0.15, 0.2) is 0 Å². The lowest BCUT2D eigenvalue weighted by Crippen LogP contribution is -2.37. The van der Waals surface area contributed by atoms with E-state index in [1.807, 2.05) is 25.7 Å². The lowest BCUT2D eigenvalue weighted by atomic mass is 10.3. The highest BCUT2D eigenvalue weighted by Crippen LogP contribution is 2.11. The van der Waals surface area contributed by atoms with E-state index in [9.17, 15) is 4.79 Å². The summed E-state index contributed by atoms with van der Waals surface area (Å²) in [6.45, 7) is 8.69. The van der Waals surface area contributed by atoms with Crippen molar-refractivity contribution in [2.45, 2.75) is 26.8 Å². The van der Waals surface area contributed by atoms with Gasteiger partial charge in [0, 0.05) is 25.7 Å². The van der Waals surface area contributed by atoms with Gasteiger partial charge in [0.15, 0.2) is 0 Å². The summed E-state index contributed by atoms with van der Waals surface area (Å²) in [6.07, 6.45) is 0. The average Bonchev–Trinajstić information content (AvgIpc) is 2.43. The zero-order valence-electron chi connectivity index (χ0n) is 8.62. The van der Waals surface area contributed by atoms with Crippen molar-refractivity contribution in [2.24, 2.45) is 0 Å². The van der Waals surface area contributed by atoms with Gasteiger partial charge in [-0.25, -0.2) is 4.79 Å². The van der Waals surface area contributed by atoms with Crippen LogP contribution in [0.3, 0.4) is 0 Å². The Kier molecular flexibility index (Phi) is 3.54. The Balaban J connectivity index is 2.41. The molecule has 2 amide bonds. The molecule has 0 saturated carbocycles. The monoisotopic (exact) mass is 186 g/mol. The SMILES string of the molecule is CCOCN1CCN(C(C)C)C1=O. The first kappa shape index (κ1) is 10.3. The molecule has 0 aromatic heterocycles. The molecule has 0 radical (unpaired) electrons. The van der Waals surface area contributed by atoms with Crippen molar-refractivity contribution in [3.05, 3.63) is 0 Å². The number of urea groups is 1. The third-order valence-corrected chi connectivity index (χ3v) is 2.20. The Morgan fingerprint density at radius 2 is 2.15 bits per heavy atom. The number of carbonyl (C=O) groups excluding carboxylic acids is 1. The molecule has 1 aliphatic heterocycles. The molecule has 0 spiro atoms. The van der Waals surface area contributed by atoms with Crippen LogP contribution in [0, 0.1) is 0 Å². The smallest absolute Gasteiger partial charge is 0.322 e. The Bertz CT molecular complexity index is 182. The van der Waals surface area contributed by atoms with Crippen LogP contribution >= 0.6 is 0 Å². The van der Waals surface area contributed by atoms with Gasteiger partial charge in [0.1, 0.15) is 6.73 Å². The summed E-state index contributed by atoms with van der Waals surface area (Å²) in [5.74, 6) is 0. The number of nitrogens with zero attached hydrogens (tertiary/aromatic N) is 2. The summed E-state index contributed by atoms with van der Waals surface area (Å²) < 4.78 is 5.19. The molecule has 4 heteroatoms. The number of rotatable bonds is 4. The molecule has 0 bridgehead atoms. The maximum atomic E-state index is 11.6. The van der Waals surface area contributed by atoms with Gasteiger partial charge >= 0.3 is 6.03 Å². The topological polar surface area (TPSA) is 32.8 Å². The van der Waals surface area contributed by atoms with Crippen molar-refractivity contribution >= 4 is 6.03 Å². The number of hydrogen-bond acceptors (Lipinski definition) is 2. The van der Waals surface area contributed by atoms with E-state index in [4.69, 9.17) is 4.74 Å². The minimum absolute atomic E-state index is 0.100. The summed E-state index contributed by atoms with van der Waals surface area (Å²) in [4.78, 5) is 15.2. The molecular formula is C9H18N2O2.